The number of hydrogen-bond donors (Lipinski definition) is 3. The van der Waals surface area contributed by atoms with Crippen molar-refractivity contribution in [2.75, 3.05) is 39.8 Å². The molecule has 0 aromatic heterocycles. The van der Waals surface area contributed by atoms with Crippen molar-refractivity contribution in [3.8, 4) is 0 Å². The summed E-state index contributed by atoms with van der Waals surface area (Å²) < 4.78 is 0. The lowest BCUT2D eigenvalue weighted by molar-refractivity contribution is 0.0614. The molecular weight excluding hydrogens is 268 g/mol. The highest BCUT2D eigenvalue weighted by molar-refractivity contribution is 4.69. The first-order chi connectivity index (χ1) is 9.88. The van der Waals surface area contributed by atoms with Crippen LogP contribution >= 0.6 is 0 Å². The third kappa shape index (κ3) is 12.1. The van der Waals surface area contributed by atoms with Crippen LogP contribution in [0.15, 0.2) is 0 Å². The Balaban J connectivity index is 4.14. The van der Waals surface area contributed by atoms with Crippen LogP contribution in [0.25, 0.3) is 0 Å². The van der Waals surface area contributed by atoms with Gasteiger partial charge in [0.05, 0.1) is 18.3 Å². The summed E-state index contributed by atoms with van der Waals surface area (Å²) in [5.74, 6) is 0. The summed E-state index contributed by atoms with van der Waals surface area (Å²) in [4.78, 5) is 4.27. The second-order valence-electron chi connectivity index (χ2n) is 6.23. The SMILES string of the molecule is CCCC(O)CN(CCCN(C)CC(C)O)CC(O)CC. The number of rotatable bonds is 13. The molecule has 128 valence electrons. The van der Waals surface area contributed by atoms with E-state index in [-0.39, 0.29) is 18.3 Å². The molecule has 0 bridgehead atoms. The van der Waals surface area contributed by atoms with E-state index in [1.807, 2.05) is 14.0 Å². The Kier molecular flexibility index (Phi) is 12.2. The van der Waals surface area contributed by atoms with Crippen molar-refractivity contribution in [1.82, 2.24) is 9.80 Å². The van der Waals surface area contributed by atoms with E-state index in [0.717, 1.165) is 38.8 Å². The van der Waals surface area contributed by atoms with Gasteiger partial charge in [0, 0.05) is 19.6 Å². The molecule has 0 aliphatic carbocycles. The van der Waals surface area contributed by atoms with Gasteiger partial charge in [0.15, 0.2) is 0 Å². The van der Waals surface area contributed by atoms with Crippen LogP contribution in [0, 0.1) is 0 Å². The van der Waals surface area contributed by atoms with Crippen LogP contribution in [0.4, 0.5) is 0 Å². The van der Waals surface area contributed by atoms with Gasteiger partial charge < -0.3 is 20.2 Å². The van der Waals surface area contributed by atoms with Crippen LogP contribution in [0.1, 0.15) is 46.5 Å². The highest BCUT2D eigenvalue weighted by Gasteiger charge is 2.14. The molecule has 0 saturated carbocycles. The van der Waals surface area contributed by atoms with Gasteiger partial charge in [-0.25, -0.2) is 0 Å². The second-order valence-corrected chi connectivity index (χ2v) is 6.23. The van der Waals surface area contributed by atoms with E-state index in [0.29, 0.717) is 19.6 Å². The molecule has 0 aliphatic rings. The molecule has 3 unspecified atom stereocenters. The lowest BCUT2D eigenvalue weighted by Crippen LogP contribution is -2.39. The largest absolute Gasteiger partial charge is 0.392 e. The zero-order chi connectivity index (χ0) is 16.3. The lowest BCUT2D eigenvalue weighted by Gasteiger charge is -2.28. The molecule has 0 fully saturated rings. The second kappa shape index (κ2) is 12.4. The van der Waals surface area contributed by atoms with Crippen molar-refractivity contribution < 1.29 is 15.3 Å². The van der Waals surface area contributed by atoms with E-state index in [2.05, 4.69) is 16.7 Å². The number of likely N-dealkylation sites (N-methyl/N-ethyl adjacent to an activating group) is 1. The molecule has 0 saturated heterocycles. The standard InChI is InChI=1S/C16H36N2O3/c1-5-8-16(21)13-18(12-15(20)6-2)10-7-9-17(4)11-14(3)19/h14-16,19-21H,5-13H2,1-4H3. The minimum atomic E-state index is -0.325. The Bertz CT molecular complexity index is 240. The third-order valence-electron chi connectivity index (χ3n) is 3.62. The van der Waals surface area contributed by atoms with E-state index < -0.39 is 0 Å². The lowest BCUT2D eigenvalue weighted by atomic mass is 10.1. The molecular formula is C16H36N2O3. The van der Waals surface area contributed by atoms with Gasteiger partial charge in [-0.2, -0.15) is 0 Å². The quantitative estimate of drug-likeness (QED) is 0.472. The normalized spacial score (nSPS) is 16.4. The Labute approximate surface area is 130 Å². The van der Waals surface area contributed by atoms with Crippen molar-refractivity contribution in [2.24, 2.45) is 0 Å². The molecule has 3 atom stereocenters. The van der Waals surface area contributed by atoms with Crippen LogP contribution in [0.5, 0.6) is 0 Å². The molecule has 0 aromatic rings. The zero-order valence-corrected chi connectivity index (χ0v) is 14.3. The molecule has 0 rings (SSSR count). The van der Waals surface area contributed by atoms with Gasteiger partial charge in [0.2, 0.25) is 0 Å². The van der Waals surface area contributed by atoms with Gasteiger partial charge >= 0.3 is 0 Å². The Morgan fingerprint density at radius 1 is 0.905 bits per heavy atom. The molecule has 0 radical (unpaired) electrons. The predicted molar refractivity (Wildman–Crippen MR) is 87.4 cm³/mol. The Hall–Kier alpha value is -0.200. The molecule has 0 heterocycles. The van der Waals surface area contributed by atoms with Crippen molar-refractivity contribution in [3.63, 3.8) is 0 Å². The summed E-state index contributed by atoms with van der Waals surface area (Å²) in [6, 6.07) is 0. The summed E-state index contributed by atoms with van der Waals surface area (Å²) >= 11 is 0. The van der Waals surface area contributed by atoms with E-state index >= 15 is 0 Å². The average molecular weight is 304 g/mol. The molecule has 3 N–H and O–H groups in total. The molecule has 0 aliphatic heterocycles. The number of aliphatic hydroxyl groups excluding tert-OH is 3. The molecule has 5 nitrogen and oxygen atoms in total. The van der Waals surface area contributed by atoms with Crippen LogP contribution < -0.4 is 0 Å². The van der Waals surface area contributed by atoms with Gasteiger partial charge in [-0.15, -0.1) is 0 Å². The van der Waals surface area contributed by atoms with Crippen LogP contribution in [-0.4, -0.2) is 83.2 Å². The topological polar surface area (TPSA) is 67.2 Å². The summed E-state index contributed by atoms with van der Waals surface area (Å²) in [5, 5.41) is 29.1. The fraction of sp³-hybridized carbons (Fsp3) is 1.00. The van der Waals surface area contributed by atoms with E-state index in [9.17, 15) is 15.3 Å². The van der Waals surface area contributed by atoms with Crippen LogP contribution in [0.2, 0.25) is 0 Å². The smallest absolute Gasteiger partial charge is 0.0667 e. The summed E-state index contributed by atoms with van der Waals surface area (Å²) in [7, 11) is 2.00. The highest BCUT2D eigenvalue weighted by atomic mass is 16.3. The Morgan fingerprint density at radius 2 is 1.52 bits per heavy atom. The van der Waals surface area contributed by atoms with E-state index in [4.69, 9.17) is 0 Å². The molecule has 0 amide bonds. The summed E-state index contributed by atoms with van der Waals surface area (Å²) in [5.41, 5.74) is 0. The number of aliphatic hydroxyl groups is 3. The zero-order valence-electron chi connectivity index (χ0n) is 14.3. The highest BCUT2D eigenvalue weighted by Crippen LogP contribution is 2.04. The first-order valence-electron chi connectivity index (χ1n) is 8.34. The Morgan fingerprint density at radius 3 is 2.05 bits per heavy atom. The number of hydrogen-bond acceptors (Lipinski definition) is 5. The maximum absolute atomic E-state index is 9.97. The minimum absolute atomic E-state index is 0.306. The number of nitrogens with zero attached hydrogens (tertiary/aromatic N) is 2. The van der Waals surface area contributed by atoms with Crippen molar-refractivity contribution in [3.05, 3.63) is 0 Å². The summed E-state index contributed by atoms with van der Waals surface area (Å²) in [6.07, 6.45) is 2.55. The van der Waals surface area contributed by atoms with Crippen LogP contribution in [0.3, 0.4) is 0 Å². The van der Waals surface area contributed by atoms with Crippen molar-refractivity contribution in [2.45, 2.75) is 64.8 Å². The maximum Gasteiger partial charge on any atom is 0.0667 e. The maximum atomic E-state index is 9.97. The third-order valence-corrected chi connectivity index (χ3v) is 3.62. The fourth-order valence-corrected chi connectivity index (χ4v) is 2.51. The molecule has 0 spiro atoms. The van der Waals surface area contributed by atoms with Crippen molar-refractivity contribution >= 4 is 0 Å². The van der Waals surface area contributed by atoms with Gasteiger partial charge in [-0.3, -0.25) is 4.90 Å². The average Bonchev–Trinajstić information content (AvgIpc) is 2.37. The molecule has 21 heavy (non-hydrogen) atoms. The minimum Gasteiger partial charge on any atom is -0.392 e. The van der Waals surface area contributed by atoms with Crippen molar-refractivity contribution in [1.29, 1.82) is 0 Å². The van der Waals surface area contributed by atoms with Gasteiger partial charge in [0.25, 0.3) is 0 Å². The van der Waals surface area contributed by atoms with Gasteiger partial charge in [-0.05, 0) is 46.3 Å². The van der Waals surface area contributed by atoms with Gasteiger partial charge in [-0.1, -0.05) is 20.3 Å². The van der Waals surface area contributed by atoms with E-state index in [1.54, 1.807) is 6.92 Å². The first kappa shape index (κ1) is 20.8. The van der Waals surface area contributed by atoms with Crippen LogP contribution in [-0.2, 0) is 0 Å². The molecule has 5 heteroatoms. The van der Waals surface area contributed by atoms with Gasteiger partial charge in [0.1, 0.15) is 0 Å². The summed E-state index contributed by atoms with van der Waals surface area (Å²) in [6.45, 7) is 9.54. The van der Waals surface area contributed by atoms with E-state index in [1.165, 1.54) is 0 Å². The molecule has 0 aromatic carbocycles. The monoisotopic (exact) mass is 304 g/mol. The fourth-order valence-electron chi connectivity index (χ4n) is 2.51. The predicted octanol–water partition coefficient (Wildman–Crippen LogP) is 0.923. The first-order valence-corrected chi connectivity index (χ1v) is 8.34.